The first kappa shape index (κ1) is 20.7. The number of fused-ring (bicyclic) bond motifs is 2. The molecule has 0 saturated carbocycles. The molecule has 0 aliphatic carbocycles. The number of ether oxygens (including phenoxy) is 3. The van der Waals surface area contributed by atoms with Crippen LogP contribution in [-0.4, -0.2) is 30.3 Å². The number of carbonyl (C=O) groups is 2. The highest BCUT2D eigenvalue weighted by molar-refractivity contribution is 6.05. The van der Waals surface area contributed by atoms with E-state index in [1.807, 2.05) is 63.2 Å². The van der Waals surface area contributed by atoms with Crippen LogP contribution in [0, 0.1) is 6.92 Å². The molecule has 1 amide bonds. The van der Waals surface area contributed by atoms with Crippen LogP contribution in [0.25, 0.3) is 10.9 Å². The van der Waals surface area contributed by atoms with Crippen LogP contribution >= 0.6 is 0 Å². The second-order valence-electron chi connectivity index (χ2n) is 7.41. The van der Waals surface area contributed by atoms with Gasteiger partial charge in [0.05, 0.1) is 17.1 Å². The van der Waals surface area contributed by atoms with Gasteiger partial charge in [-0.3, -0.25) is 9.78 Å². The molecule has 3 aromatic rings. The Morgan fingerprint density at radius 2 is 1.94 bits per heavy atom. The van der Waals surface area contributed by atoms with Crippen LogP contribution in [0.2, 0.25) is 0 Å². The van der Waals surface area contributed by atoms with Gasteiger partial charge < -0.3 is 19.5 Å². The number of pyridine rings is 1. The summed E-state index contributed by atoms with van der Waals surface area (Å²) in [6, 6.07) is 12.7. The molecule has 0 spiro atoms. The molecule has 7 heteroatoms. The molecule has 2 heterocycles. The van der Waals surface area contributed by atoms with Crippen molar-refractivity contribution in [1.29, 1.82) is 0 Å². The molecule has 0 saturated heterocycles. The summed E-state index contributed by atoms with van der Waals surface area (Å²) < 4.78 is 16.0. The minimum Gasteiger partial charge on any atom is -0.454 e. The molecule has 1 unspecified atom stereocenters. The van der Waals surface area contributed by atoms with Crippen LogP contribution < -0.4 is 14.8 Å². The number of amides is 1. The lowest BCUT2D eigenvalue weighted by Gasteiger charge is -2.16. The summed E-state index contributed by atoms with van der Waals surface area (Å²) in [5.74, 6) is 0.418. The minimum atomic E-state index is -0.531. The maximum Gasteiger partial charge on any atom is 0.339 e. The van der Waals surface area contributed by atoms with Gasteiger partial charge in [0.15, 0.2) is 18.1 Å². The average Bonchev–Trinajstić information content (AvgIpc) is 3.25. The highest BCUT2D eigenvalue weighted by Crippen LogP contribution is 2.34. The number of rotatable bonds is 6. The normalized spacial score (nSPS) is 13.1. The maximum atomic E-state index is 12.9. The second kappa shape index (κ2) is 8.63. The Bertz CT molecular complexity index is 1160. The van der Waals surface area contributed by atoms with E-state index in [0.717, 1.165) is 27.7 Å². The SMILES string of the molecule is CCc1nc2ccccc2c(C(=O)OCC(=O)NC(C)c2ccc3c(c2)OCO3)c1C. The van der Waals surface area contributed by atoms with Gasteiger partial charge in [-0.05, 0) is 49.6 Å². The number of carbonyl (C=O) groups excluding carboxylic acids is 2. The predicted octanol–water partition coefficient (Wildman–Crippen LogP) is 3.87. The first-order valence-corrected chi connectivity index (χ1v) is 10.2. The Hall–Kier alpha value is -3.61. The van der Waals surface area contributed by atoms with E-state index in [1.165, 1.54) is 0 Å². The molecule has 1 atom stereocenters. The van der Waals surface area contributed by atoms with Gasteiger partial charge in [-0.2, -0.15) is 0 Å². The van der Waals surface area contributed by atoms with Gasteiger partial charge in [-0.25, -0.2) is 4.79 Å². The van der Waals surface area contributed by atoms with Gasteiger partial charge in [0.25, 0.3) is 5.91 Å². The van der Waals surface area contributed by atoms with Gasteiger partial charge in [0, 0.05) is 11.1 Å². The molecule has 1 aliphatic rings. The second-order valence-corrected chi connectivity index (χ2v) is 7.41. The topological polar surface area (TPSA) is 86.8 Å². The van der Waals surface area contributed by atoms with Crippen molar-refractivity contribution < 1.29 is 23.8 Å². The summed E-state index contributed by atoms with van der Waals surface area (Å²) in [5, 5.41) is 3.56. The lowest BCUT2D eigenvalue weighted by molar-refractivity contribution is -0.124. The zero-order chi connectivity index (χ0) is 22.0. The Morgan fingerprint density at radius 3 is 2.74 bits per heavy atom. The summed E-state index contributed by atoms with van der Waals surface area (Å²) in [7, 11) is 0. The number of aromatic nitrogens is 1. The van der Waals surface area contributed by atoms with Crippen molar-refractivity contribution in [3.63, 3.8) is 0 Å². The van der Waals surface area contributed by atoms with E-state index in [1.54, 1.807) is 0 Å². The van der Waals surface area contributed by atoms with Gasteiger partial charge in [0.2, 0.25) is 6.79 Å². The van der Waals surface area contributed by atoms with Crippen LogP contribution in [-0.2, 0) is 16.0 Å². The molecule has 31 heavy (non-hydrogen) atoms. The van der Waals surface area contributed by atoms with Crippen LogP contribution in [0.15, 0.2) is 42.5 Å². The molecule has 0 fully saturated rings. The number of nitrogens with zero attached hydrogens (tertiary/aromatic N) is 1. The Kier molecular flexibility index (Phi) is 5.75. The number of benzene rings is 2. The van der Waals surface area contributed by atoms with Gasteiger partial charge in [-0.15, -0.1) is 0 Å². The van der Waals surface area contributed by atoms with Gasteiger partial charge in [0.1, 0.15) is 0 Å². The molecule has 1 N–H and O–H groups in total. The summed E-state index contributed by atoms with van der Waals surface area (Å²) in [6.07, 6.45) is 0.699. The van der Waals surface area contributed by atoms with Crippen LogP contribution in [0.3, 0.4) is 0 Å². The van der Waals surface area contributed by atoms with E-state index in [-0.39, 0.29) is 25.3 Å². The summed E-state index contributed by atoms with van der Waals surface area (Å²) in [5.41, 5.74) is 3.68. The third-order valence-corrected chi connectivity index (χ3v) is 5.38. The molecule has 2 aromatic carbocycles. The van der Waals surface area contributed by atoms with Crippen molar-refractivity contribution in [2.75, 3.05) is 13.4 Å². The standard InChI is InChI=1S/C24H24N2O5/c1-4-18-14(2)23(17-7-5-6-8-19(17)26-18)24(28)29-12-22(27)25-15(3)16-9-10-20-21(11-16)31-13-30-20/h5-11,15H,4,12-13H2,1-3H3,(H,25,27). The molecular formula is C24H24N2O5. The molecule has 160 valence electrons. The van der Waals surface area contributed by atoms with Crippen molar-refractivity contribution in [1.82, 2.24) is 10.3 Å². The number of aryl methyl sites for hydroxylation is 1. The number of para-hydroxylation sites is 1. The Balaban J connectivity index is 1.44. The summed E-state index contributed by atoms with van der Waals surface area (Å²) in [6.45, 7) is 5.52. The zero-order valence-corrected chi connectivity index (χ0v) is 17.7. The lowest BCUT2D eigenvalue weighted by atomic mass is 10.0. The first-order chi connectivity index (χ1) is 15.0. The van der Waals surface area contributed by atoms with Crippen LogP contribution in [0.4, 0.5) is 0 Å². The van der Waals surface area contributed by atoms with E-state index in [2.05, 4.69) is 10.3 Å². The molecule has 7 nitrogen and oxygen atoms in total. The Labute approximate surface area is 180 Å². The van der Waals surface area contributed by atoms with E-state index in [9.17, 15) is 9.59 Å². The number of hydrogen-bond donors (Lipinski definition) is 1. The molecular weight excluding hydrogens is 396 g/mol. The number of esters is 1. The third kappa shape index (κ3) is 4.17. The maximum absolute atomic E-state index is 12.9. The van der Waals surface area contributed by atoms with Crippen molar-refractivity contribution in [2.24, 2.45) is 0 Å². The first-order valence-electron chi connectivity index (χ1n) is 10.2. The van der Waals surface area contributed by atoms with E-state index in [0.29, 0.717) is 23.5 Å². The molecule has 1 aliphatic heterocycles. The minimum absolute atomic E-state index is 0.193. The van der Waals surface area contributed by atoms with Crippen molar-refractivity contribution in [3.05, 3.63) is 64.8 Å². The van der Waals surface area contributed by atoms with Gasteiger partial charge in [-0.1, -0.05) is 31.2 Å². The van der Waals surface area contributed by atoms with E-state index >= 15 is 0 Å². The highest BCUT2D eigenvalue weighted by atomic mass is 16.7. The monoisotopic (exact) mass is 420 g/mol. The molecule has 0 radical (unpaired) electrons. The number of nitrogens with one attached hydrogen (secondary N) is 1. The van der Waals surface area contributed by atoms with Crippen molar-refractivity contribution in [2.45, 2.75) is 33.2 Å². The summed E-state index contributed by atoms with van der Waals surface area (Å²) in [4.78, 5) is 29.9. The van der Waals surface area contributed by atoms with E-state index in [4.69, 9.17) is 14.2 Å². The lowest BCUT2D eigenvalue weighted by Crippen LogP contribution is -2.31. The smallest absolute Gasteiger partial charge is 0.339 e. The Morgan fingerprint density at radius 1 is 1.16 bits per heavy atom. The van der Waals surface area contributed by atoms with Crippen molar-refractivity contribution in [3.8, 4) is 11.5 Å². The molecule has 4 rings (SSSR count). The molecule has 1 aromatic heterocycles. The fourth-order valence-corrected chi connectivity index (χ4v) is 3.72. The van der Waals surface area contributed by atoms with Gasteiger partial charge >= 0.3 is 5.97 Å². The van der Waals surface area contributed by atoms with Crippen molar-refractivity contribution >= 4 is 22.8 Å². The summed E-state index contributed by atoms with van der Waals surface area (Å²) >= 11 is 0. The highest BCUT2D eigenvalue weighted by Gasteiger charge is 2.21. The third-order valence-electron chi connectivity index (χ3n) is 5.38. The average molecular weight is 420 g/mol. The predicted molar refractivity (Wildman–Crippen MR) is 115 cm³/mol. The fraction of sp³-hybridized carbons (Fsp3) is 0.292. The van der Waals surface area contributed by atoms with Crippen LogP contribution in [0.1, 0.15) is 47.1 Å². The fourth-order valence-electron chi connectivity index (χ4n) is 3.72. The molecule has 0 bridgehead atoms. The van der Waals surface area contributed by atoms with Crippen LogP contribution in [0.5, 0.6) is 11.5 Å². The quantitative estimate of drug-likeness (QED) is 0.609. The zero-order valence-electron chi connectivity index (χ0n) is 17.7. The number of hydrogen-bond acceptors (Lipinski definition) is 6. The largest absolute Gasteiger partial charge is 0.454 e. The van der Waals surface area contributed by atoms with E-state index < -0.39 is 5.97 Å².